The van der Waals surface area contributed by atoms with Crippen LogP contribution in [0.2, 0.25) is 0 Å². The predicted molar refractivity (Wildman–Crippen MR) is 226 cm³/mol. The molecule has 252 valence electrons. The second kappa shape index (κ2) is 11.1. The zero-order valence-electron chi connectivity index (χ0n) is 29.3. The average molecular weight is 689 g/mol. The van der Waals surface area contributed by atoms with Gasteiger partial charge in [0.15, 0.2) is 0 Å². The third kappa shape index (κ3) is 3.97. The van der Waals surface area contributed by atoms with E-state index in [9.17, 15) is 0 Å². The fraction of sp³-hybridized carbons (Fsp3) is 0. The first kappa shape index (κ1) is 29.3. The lowest BCUT2D eigenvalue weighted by Crippen LogP contribution is -2.02. The van der Waals surface area contributed by atoms with E-state index in [0.29, 0.717) is 0 Å². The summed E-state index contributed by atoms with van der Waals surface area (Å²) >= 11 is 0. The Morgan fingerprint density at radius 2 is 0.537 bits per heavy atom. The molecule has 0 N–H and O–H groups in total. The summed E-state index contributed by atoms with van der Waals surface area (Å²) in [5, 5.41) is 9.97. The van der Waals surface area contributed by atoms with E-state index in [4.69, 9.17) is 0 Å². The Kier molecular flexibility index (Phi) is 6.02. The van der Waals surface area contributed by atoms with E-state index in [1.54, 1.807) is 0 Å². The predicted octanol–water partition coefficient (Wildman–Crippen LogP) is 12.9. The molecule has 0 bridgehead atoms. The van der Waals surface area contributed by atoms with Crippen molar-refractivity contribution in [1.29, 1.82) is 0 Å². The van der Waals surface area contributed by atoms with Crippen LogP contribution in [0.5, 0.6) is 0 Å². The molecular formula is C50H32N4. The second-order valence-electron chi connectivity index (χ2n) is 14.2. The van der Waals surface area contributed by atoms with E-state index in [2.05, 4.69) is 212 Å². The van der Waals surface area contributed by atoms with Crippen LogP contribution < -0.4 is 0 Å². The number of aromatic nitrogens is 4. The van der Waals surface area contributed by atoms with Gasteiger partial charge in [-0.05, 0) is 83.6 Å². The third-order valence-electron chi connectivity index (χ3n) is 11.3. The van der Waals surface area contributed by atoms with E-state index < -0.39 is 0 Å². The Balaban J connectivity index is 1.11. The maximum atomic E-state index is 2.45. The highest BCUT2D eigenvalue weighted by atomic mass is 15.1. The first-order valence-corrected chi connectivity index (χ1v) is 18.5. The molecule has 4 nitrogen and oxygen atoms in total. The van der Waals surface area contributed by atoms with Crippen molar-refractivity contribution in [2.45, 2.75) is 0 Å². The van der Waals surface area contributed by atoms with Crippen LogP contribution in [0.25, 0.3) is 99.2 Å². The highest BCUT2D eigenvalue weighted by Crippen LogP contribution is 2.43. The molecule has 0 amide bonds. The van der Waals surface area contributed by atoms with Crippen LogP contribution in [0.3, 0.4) is 0 Å². The van der Waals surface area contributed by atoms with E-state index >= 15 is 0 Å². The van der Waals surface area contributed by atoms with Crippen molar-refractivity contribution >= 4 is 76.5 Å². The molecule has 4 aromatic heterocycles. The Labute approximate surface area is 310 Å². The molecule has 8 aromatic carbocycles. The van der Waals surface area contributed by atoms with Crippen LogP contribution in [0.1, 0.15) is 0 Å². The zero-order valence-corrected chi connectivity index (χ0v) is 29.3. The lowest BCUT2D eigenvalue weighted by Gasteiger charge is -2.15. The molecule has 0 radical (unpaired) electrons. The number of fused-ring (bicyclic) bond motifs is 11. The van der Waals surface area contributed by atoms with Gasteiger partial charge in [-0.25, -0.2) is 0 Å². The van der Waals surface area contributed by atoms with Crippen molar-refractivity contribution in [1.82, 2.24) is 18.3 Å². The molecule has 0 aliphatic rings. The fourth-order valence-electron chi connectivity index (χ4n) is 9.09. The summed E-state index contributed by atoms with van der Waals surface area (Å²) < 4.78 is 9.75. The van der Waals surface area contributed by atoms with Crippen LogP contribution in [-0.2, 0) is 0 Å². The standard InChI is InChI=1S/C50H32N4/c1-3-15-35(16-4-1)51-43-23-11-7-19-39(43)47-41-21-9-13-25-45(41)53(49(47)51)37-29-27-34-32-38(30-28-33(34)31-37)54-46-26-14-10-22-42(46)48-40-20-8-12-24-44(40)52(50(48)54)36-17-5-2-6-18-36/h1-32H. The van der Waals surface area contributed by atoms with Gasteiger partial charge in [0, 0.05) is 55.1 Å². The summed E-state index contributed by atoms with van der Waals surface area (Å²) in [6, 6.07) is 70.5. The maximum Gasteiger partial charge on any atom is 0.131 e. The van der Waals surface area contributed by atoms with Gasteiger partial charge in [-0.1, -0.05) is 121 Å². The summed E-state index contributed by atoms with van der Waals surface area (Å²) in [7, 11) is 0. The molecule has 4 heterocycles. The SMILES string of the molecule is c1ccc(-n2c3ccccc3c3c4ccccc4n(-c4ccc5cc(-n6c7ccccc7c7c8ccccc8n(-c8ccccc8)c76)ccc5c4)c32)cc1. The molecule has 0 saturated heterocycles. The Hall–Kier alpha value is -7.30. The monoisotopic (exact) mass is 688 g/mol. The maximum absolute atomic E-state index is 2.45. The van der Waals surface area contributed by atoms with E-state index in [1.807, 2.05) is 0 Å². The topological polar surface area (TPSA) is 19.7 Å². The molecule has 54 heavy (non-hydrogen) atoms. The molecule has 0 fully saturated rings. The van der Waals surface area contributed by atoms with Crippen molar-refractivity contribution in [3.8, 4) is 22.7 Å². The summed E-state index contributed by atoms with van der Waals surface area (Å²) in [5.41, 5.74) is 11.7. The number of para-hydroxylation sites is 6. The lowest BCUT2D eigenvalue weighted by atomic mass is 10.1. The minimum Gasteiger partial charge on any atom is -0.295 e. The molecule has 0 unspecified atom stereocenters. The lowest BCUT2D eigenvalue weighted by molar-refractivity contribution is 1.07. The molecule has 0 aliphatic carbocycles. The summed E-state index contributed by atoms with van der Waals surface area (Å²) in [4.78, 5) is 0. The Morgan fingerprint density at radius 1 is 0.241 bits per heavy atom. The van der Waals surface area contributed by atoms with Gasteiger partial charge in [-0.15, -0.1) is 0 Å². The first-order valence-electron chi connectivity index (χ1n) is 18.5. The second-order valence-corrected chi connectivity index (χ2v) is 14.2. The van der Waals surface area contributed by atoms with Gasteiger partial charge in [-0.2, -0.15) is 0 Å². The minimum absolute atomic E-state index is 1.14. The number of benzene rings is 8. The minimum atomic E-state index is 1.14. The molecule has 0 spiro atoms. The smallest absolute Gasteiger partial charge is 0.131 e. The summed E-state index contributed by atoms with van der Waals surface area (Å²) in [5.74, 6) is 0. The number of nitrogens with zero attached hydrogens (tertiary/aromatic N) is 4. The average Bonchev–Trinajstić information content (AvgIpc) is 3.96. The Bertz CT molecular complexity index is 3200. The number of hydrogen-bond acceptors (Lipinski definition) is 0. The van der Waals surface area contributed by atoms with Gasteiger partial charge in [0.25, 0.3) is 0 Å². The Morgan fingerprint density at radius 3 is 0.889 bits per heavy atom. The summed E-state index contributed by atoms with van der Waals surface area (Å²) in [6.45, 7) is 0. The van der Waals surface area contributed by atoms with Crippen LogP contribution in [0.4, 0.5) is 0 Å². The first-order chi connectivity index (χ1) is 26.8. The number of hydrogen-bond donors (Lipinski definition) is 0. The molecule has 0 saturated carbocycles. The van der Waals surface area contributed by atoms with Crippen LogP contribution in [0.15, 0.2) is 194 Å². The normalized spacial score (nSPS) is 12.1. The highest BCUT2D eigenvalue weighted by molar-refractivity contribution is 6.23. The molecular weight excluding hydrogens is 657 g/mol. The van der Waals surface area contributed by atoms with Gasteiger partial charge in [-0.3, -0.25) is 18.3 Å². The highest BCUT2D eigenvalue weighted by Gasteiger charge is 2.24. The van der Waals surface area contributed by atoms with Gasteiger partial charge in [0.05, 0.1) is 22.1 Å². The van der Waals surface area contributed by atoms with E-state index in [1.165, 1.54) is 76.5 Å². The fourth-order valence-corrected chi connectivity index (χ4v) is 9.09. The molecule has 0 aliphatic heterocycles. The van der Waals surface area contributed by atoms with Gasteiger partial charge >= 0.3 is 0 Å². The molecule has 4 heteroatoms. The molecule has 12 aromatic rings. The van der Waals surface area contributed by atoms with Crippen LogP contribution >= 0.6 is 0 Å². The third-order valence-corrected chi connectivity index (χ3v) is 11.3. The molecule has 12 rings (SSSR count). The zero-order chi connectivity index (χ0) is 35.3. The van der Waals surface area contributed by atoms with Crippen molar-refractivity contribution < 1.29 is 0 Å². The van der Waals surface area contributed by atoms with Gasteiger partial charge < -0.3 is 0 Å². The van der Waals surface area contributed by atoms with Crippen molar-refractivity contribution in [2.24, 2.45) is 0 Å². The quantitative estimate of drug-likeness (QED) is 0.175. The van der Waals surface area contributed by atoms with E-state index in [0.717, 1.165) is 22.7 Å². The van der Waals surface area contributed by atoms with Crippen molar-refractivity contribution in [3.63, 3.8) is 0 Å². The number of rotatable bonds is 4. The summed E-state index contributed by atoms with van der Waals surface area (Å²) in [6.07, 6.45) is 0. The van der Waals surface area contributed by atoms with Crippen molar-refractivity contribution in [3.05, 3.63) is 194 Å². The van der Waals surface area contributed by atoms with E-state index in [-0.39, 0.29) is 0 Å². The van der Waals surface area contributed by atoms with Crippen molar-refractivity contribution in [2.75, 3.05) is 0 Å². The molecule has 0 atom stereocenters. The van der Waals surface area contributed by atoms with Crippen LogP contribution in [-0.4, -0.2) is 18.3 Å². The van der Waals surface area contributed by atoms with Gasteiger partial charge in [0.2, 0.25) is 0 Å². The largest absolute Gasteiger partial charge is 0.295 e. The van der Waals surface area contributed by atoms with Crippen LogP contribution in [0, 0.1) is 0 Å². The van der Waals surface area contributed by atoms with Gasteiger partial charge in [0.1, 0.15) is 11.3 Å².